The van der Waals surface area contributed by atoms with E-state index in [1.807, 2.05) is 44.2 Å². The molecule has 0 spiro atoms. The predicted molar refractivity (Wildman–Crippen MR) is 108 cm³/mol. The lowest BCUT2D eigenvalue weighted by atomic mass is 10.2. The number of benzene rings is 2. The van der Waals surface area contributed by atoms with Gasteiger partial charge in [-0.25, -0.2) is 0 Å². The molecule has 26 heavy (non-hydrogen) atoms. The van der Waals surface area contributed by atoms with Gasteiger partial charge in [0.15, 0.2) is 0 Å². The van der Waals surface area contributed by atoms with Gasteiger partial charge in [-0.05, 0) is 62.6 Å². The van der Waals surface area contributed by atoms with Gasteiger partial charge >= 0.3 is 0 Å². The van der Waals surface area contributed by atoms with Crippen molar-refractivity contribution in [1.29, 1.82) is 0 Å². The number of halogens is 1. The first-order valence-electron chi connectivity index (χ1n) is 8.57. The Morgan fingerprint density at radius 1 is 1.15 bits per heavy atom. The van der Waals surface area contributed by atoms with Crippen molar-refractivity contribution in [3.8, 4) is 0 Å². The first-order chi connectivity index (χ1) is 12.4. The first kappa shape index (κ1) is 18.8. The molecular formula is C20H21ClN2O2S. The van der Waals surface area contributed by atoms with Crippen LogP contribution in [0, 0.1) is 12.8 Å². The second-order valence-electron chi connectivity index (χ2n) is 6.50. The number of anilines is 2. The maximum Gasteiger partial charge on any atom is 0.237 e. The molecule has 1 aliphatic carbocycles. The molecule has 2 amide bonds. The summed E-state index contributed by atoms with van der Waals surface area (Å²) in [6, 6.07) is 13.0. The number of nitrogens with one attached hydrogen (secondary N) is 2. The molecule has 6 heteroatoms. The Morgan fingerprint density at radius 3 is 2.65 bits per heavy atom. The van der Waals surface area contributed by atoms with E-state index in [9.17, 15) is 9.59 Å². The Bertz CT molecular complexity index is 836. The van der Waals surface area contributed by atoms with E-state index in [1.165, 1.54) is 11.8 Å². The summed E-state index contributed by atoms with van der Waals surface area (Å²) in [7, 11) is 0. The van der Waals surface area contributed by atoms with Crippen molar-refractivity contribution in [3.63, 3.8) is 0 Å². The molecule has 0 heterocycles. The van der Waals surface area contributed by atoms with E-state index >= 15 is 0 Å². The van der Waals surface area contributed by atoms with E-state index in [-0.39, 0.29) is 23.0 Å². The third-order valence-electron chi connectivity index (χ3n) is 4.19. The van der Waals surface area contributed by atoms with Gasteiger partial charge in [0.1, 0.15) is 0 Å². The fourth-order valence-electron chi connectivity index (χ4n) is 2.46. The summed E-state index contributed by atoms with van der Waals surface area (Å²) in [4.78, 5) is 25.3. The average molecular weight is 389 g/mol. The van der Waals surface area contributed by atoms with Gasteiger partial charge in [-0.1, -0.05) is 23.7 Å². The zero-order chi connectivity index (χ0) is 18.7. The van der Waals surface area contributed by atoms with Crippen molar-refractivity contribution in [2.75, 3.05) is 10.6 Å². The van der Waals surface area contributed by atoms with Crippen molar-refractivity contribution in [2.45, 2.75) is 36.8 Å². The maximum absolute atomic E-state index is 12.5. The second kappa shape index (κ2) is 8.14. The fraction of sp³-hybridized carbons (Fsp3) is 0.300. The number of hydrogen-bond donors (Lipinski definition) is 2. The molecule has 0 aromatic heterocycles. The zero-order valence-corrected chi connectivity index (χ0v) is 16.3. The summed E-state index contributed by atoms with van der Waals surface area (Å²) in [6.07, 6.45) is 1.95. The highest BCUT2D eigenvalue weighted by Crippen LogP contribution is 2.31. The smallest absolute Gasteiger partial charge is 0.237 e. The van der Waals surface area contributed by atoms with Crippen LogP contribution in [-0.2, 0) is 9.59 Å². The van der Waals surface area contributed by atoms with E-state index in [4.69, 9.17) is 11.6 Å². The monoisotopic (exact) mass is 388 g/mol. The van der Waals surface area contributed by atoms with E-state index in [1.54, 1.807) is 12.1 Å². The number of carbonyl (C=O) groups is 2. The zero-order valence-electron chi connectivity index (χ0n) is 14.7. The molecule has 0 bridgehead atoms. The molecule has 2 aromatic rings. The SMILES string of the molecule is Cc1ccc(Cl)cc1NC(=O)C(C)Sc1cccc(NC(=O)C2CC2)c1. The molecule has 1 aliphatic rings. The van der Waals surface area contributed by atoms with Crippen molar-refractivity contribution < 1.29 is 9.59 Å². The summed E-state index contributed by atoms with van der Waals surface area (Å²) in [5, 5.41) is 6.16. The quantitative estimate of drug-likeness (QED) is 0.675. The highest BCUT2D eigenvalue weighted by molar-refractivity contribution is 8.00. The largest absolute Gasteiger partial charge is 0.326 e. The van der Waals surface area contributed by atoms with Crippen LogP contribution in [0.4, 0.5) is 11.4 Å². The summed E-state index contributed by atoms with van der Waals surface area (Å²) in [6.45, 7) is 3.78. The molecule has 0 radical (unpaired) electrons. The van der Waals surface area contributed by atoms with Gasteiger partial charge in [-0.3, -0.25) is 9.59 Å². The van der Waals surface area contributed by atoms with Crippen molar-refractivity contribution in [3.05, 3.63) is 53.1 Å². The second-order valence-corrected chi connectivity index (χ2v) is 8.35. The van der Waals surface area contributed by atoms with Gasteiger partial charge in [0.05, 0.1) is 5.25 Å². The molecule has 1 unspecified atom stereocenters. The van der Waals surface area contributed by atoms with Crippen LogP contribution in [0.5, 0.6) is 0 Å². The summed E-state index contributed by atoms with van der Waals surface area (Å²) in [5.41, 5.74) is 2.45. The van der Waals surface area contributed by atoms with Crippen LogP contribution in [0.25, 0.3) is 0 Å². The molecule has 2 aromatic carbocycles. The lowest BCUT2D eigenvalue weighted by Crippen LogP contribution is -2.22. The minimum Gasteiger partial charge on any atom is -0.326 e. The summed E-state index contributed by atoms with van der Waals surface area (Å²) in [5.74, 6) is 0.152. The third-order valence-corrected chi connectivity index (χ3v) is 5.52. The van der Waals surface area contributed by atoms with Gasteiger partial charge in [0.2, 0.25) is 11.8 Å². The minimum absolute atomic E-state index is 0.0781. The molecule has 1 saturated carbocycles. The van der Waals surface area contributed by atoms with Crippen molar-refractivity contribution >= 4 is 46.6 Å². The molecule has 0 aliphatic heterocycles. The molecular weight excluding hydrogens is 368 g/mol. The van der Waals surface area contributed by atoms with Crippen LogP contribution >= 0.6 is 23.4 Å². The van der Waals surface area contributed by atoms with Crippen molar-refractivity contribution in [1.82, 2.24) is 0 Å². The number of thioether (sulfide) groups is 1. The highest BCUT2D eigenvalue weighted by atomic mass is 35.5. The van der Waals surface area contributed by atoms with Crippen LogP contribution in [-0.4, -0.2) is 17.1 Å². The highest BCUT2D eigenvalue weighted by Gasteiger charge is 2.29. The number of hydrogen-bond acceptors (Lipinski definition) is 3. The average Bonchev–Trinajstić information content (AvgIpc) is 3.43. The van der Waals surface area contributed by atoms with Crippen LogP contribution in [0.2, 0.25) is 5.02 Å². The van der Waals surface area contributed by atoms with Crippen LogP contribution in [0.1, 0.15) is 25.3 Å². The minimum atomic E-state index is -0.289. The molecule has 3 rings (SSSR count). The number of rotatable bonds is 6. The Morgan fingerprint density at radius 2 is 1.92 bits per heavy atom. The first-order valence-corrected chi connectivity index (χ1v) is 9.83. The molecule has 1 atom stereocenters. The van der Waals surface area contributed by atoms with E-state index < -0.39 is 0 Å². The predicted octanol–water partition coefficient (Wildman–Crippen LogP) is 5.12. The van der Waals surface area contributed by atoms with Gasteiger partial charge in [0.25, 0.3) is 0 Å². The van der Waals surface area contributed by atoms with Gasteiger partial charge in [0, 0.05) is 27.2 Å². The lowest BCUT2D eigenvalue weighted by Gasteiger charge is -2.14. The molecule has 0 saturated heterocycles. The van der Waals surface area contributed by atoms with Crippen LogP contribution in [0.3, 0.4) is 0 Å². The lowest BCUT2D eigenvalue weighted by molar-refractivity contribution is -0.117. The van der Waals surface area contributed by atoms with Gasteiger partial charge in [-0.2, -0.15) is 0 Å². The Balaban J connectivity index is 1.61. The fourth-order valence-corrected chi connectivity index (χ4v) is 3.56. The molecule has 1 fully saturated rings. The number of amides is 2. The van der Waals surface area contributed by atoms with Gasteiger partial charge in [-0.15, -0.1) is 11.8 Å². The molecule has 4 nitrogen and oxygen atoms in total. The standard InChI is InChI=1S/C20H21ClN2O2S/c1-12-6-9-15(21)10-18(12)23-19(24)13(2)26-17-5-3-4-16(11-17)22-20(25)14-7-8-14/h3-6,9-11,13-14H,7-8H2,1-2H3,(H,22,25)(H,23,24). The topological polar surface area (TPSA) is 58.2 Å². The Labute approximate surface area is 162 Å². The normalized spacial score (nSPS) is 14.6. The molecule has 136 valence electrons. The number of carbonyl (C=O) groups excluding carboxylic acids is 2. The van der Waals surface area contributed by atoms with Gasteiger partial charge < -0.3 is 10.6 Å². The summed E-state index contributed by atoms with van der Waals surface area (Å²) >= 11 is 7.45. The Hall–Kier alpha value is -1.98. The van der Waals surface area contributed by atoms with Crippen LogP contribution < -0.4 is 10.6 Å². The van der Waals surface area contributed by atoms with E-state index in [0.29, 0.717) is 5.02 Å². The van der Waals surface area contributed by atoms with E-state index in [2.05, 4.69) is 10.6 Å². The molecule has 2 N–H and O–H groups in total. The van der Waals surface area contributed by atoms with Crippen molar-refractivity contribution in [2.24, 2.45) is 5.92 Å². The number of aryl methyl sites for hydroxylation is 1. The van der Waals surface area contributed by atoms with E-state index in [0.717, 1.165) is 34.7 Å². The Kier molecular flexibility index (Phi) is 5.89. The third kappa shape index (κ3) is 5.02. The summed E-state index contributed by atoms with van der Waals surface area (Å²) < 4.78 is 0. The maximum atomic E-state index is 12.5. The van der Waals surface area contributed by atoms with Crippen LogP contribution in [0.15, 0.2) is 47.4 Å².